The summed E-state index contributed by atoms with van der Waals surface area (Å²) in [6, 6.07) is -0.369. The van der Waals surface area contributed by atoms with E-state index in [2.05, 4.69) is 25.2 Å². The van der Waals surface area contributed by atoms with Crippen molar-refractivity contribution in [1.82, 2.24) is 29.9 Å². The lowest BCUT2D eigenvalue weighted by atomic mass is 10.0. The molecule has 0 radical (unpaired) electrons. The van der Waals surface area contributed by atoms with Gasteiger partial charge in [-0.3, -0.25) is 9.48 Å². The number of fused-ring (bicyclic) bond motifs is 1. The van der Waals surface area contributed by atoms with Crippen LogP contribution in [0.1, 0.15) is 56.9 Å². The second kappa shape index (κ2) is 5.79. The minimum atomic E-state index is -0.573. The molecule has 0 spiro atoms. The Morgan fingerprint density at radius 1 is 1.35 bits per heavy atom. The van der Waals surface area contributed by atoms with E-state index in [-0.39, 0.29) is 11.9 Å². The minimum absolute atomic E-state index is 0.0775. The SMILES string of the molecule is Cc1cnn(C(C)C(=O)NC(C)(C)c2nnc3n2CCCC3)c1. The van der Waals surface area contributed by atoms with Gasteiger partial charge in [0.2, 0.25) is 5.91 Å². The fourth-order valence-corrected chi connectivity index (χ4v) is 3.00. The molecular formula is C16H24N6O. The molecule has 1 unspecified atom stereocenters. The van der Waals surface area contributed by atoms with E-state index < -0.39 is 5.54 Å². The van der Waals surface area contributed by atoms with Crippen molar-refractivity contribution in [2.45, 2.75) is 65.1 Å². The molecule has 0 saturated heterocycles. The molecule has 2 aromatic rings. The Hall–Kier alpha value is -2.18. The first kappa shape index (κ1) is 15.7. The molecular weight excluding hydrogens is 292 g/mol. The molecule has 7 heteroatoms. The Morgan fingerprint density at radius 2 is 2.13 bits per heavy atom. The maximum atomic E-state index is 12.6. The molecule has 23 heavy (non-hydrogen) atoms. The van der Waals surface area contributed by atoms with E-state index in [0.29, 0.717) is 0 Å². The van der Waals surface area contributed by atoms with Gasteiger partial charge in [0, 0.05) is 19.2 Å². The van der Waals surface area contributed by atoms with E-state index in [9.17, 15) is 4.79 Å². The lowest BCUT2D eigenvalue weighted by Crippen LogP contribution is -2.46. The van der Waals surface area contributed by atoms with Crippen LogP contribution in [0.3, 0.4) is 0 Å². The van der Waals surface area contributed by atoms with Crippen molar-refractivity contribution in [2.75, 3.05) is 0 Å². The van der Waals surface area contributed by atoms with Gasteiger partial charge in [0.25, 0.3) is 0 Å². The summed E-state index contributed by atoms with van der Waals surface area (Å²) in [5.41, 5.74) is 0.464. The highest BCUT2D eigenvalue weighted by Crippen LogP contribution is 2.24. The summed E-state index contributed by atoms with van der Waals surface area (Å²) >= 11 is 0. The maximum absolute atomic E-state index is 12.6. The van der Waals surface area contributed by atoms with E-state index in [1.165, 1.54) is 0 Å². The number of aryl methyl sites for hydroxylation is 2. The van der Waals surface area contributed by atoms with Crippen LogP contribution in [0.2, 0.25) is 0 Å². The molecule has 0 bridgehead atoms. The zero-order chi connectivity index (χ0) is 16.6. The van der Waals surface area contributed by atoms with Crippen molar-refractivity contribution < 1.29 is 4.79 Å². The van der Waals surface area contributed by atoms with E-state index in [1.807, 2.05) is 33.9 Å². The van der Waals surface area contributed by atoms with Gasteiger partial charge in [-0.15, -0.1) is 10.2 Å². The molecule has 2 aromatic heterocycles. The number of amides is 1. The summed E-state index contributed by atoms with van der Waals surface area (Å²) in [6.45, 7) is 8.66. The van der Waals surface area contributed by atoms with Crippen LogP contribution in [-0.4, -0.2) is 30.5 Å². The Balaban J connectivity index is 1.78. The minimum Gasteiger partial charge on any atom is -0.342 e. The fourth-order valence-electron chi connectivity index (χ4n) is 3.00. The average molecular weight is 316 g/mol. The van der Waals surface area contributed by atoms with Crippen LogP contribution >= 0.6 is 0 Å². The molecule has 0 aromatic carbocycles. The third-order valence-corrected chi connectivity index (χ3v) is 4.36. The molecule has 1 N–H and O–H groups in total. The summed E-state index contributed by atoms with van der Waals surface area (Å²) in [6.07, 6.45) is 6.87. The third-order valence-electron chi connectivity index (χ3n) is 4.36. The van der Waals surface area contributed by atoms with Gasteiger partial charge >= 0.3 is 0 Å². The van der Waals surface area contributed by atoms with Crippen LogP contribution in [0.4, 0.5) is 0 Å². The number of hydrogen-bond acceptors (Lipinski definition) is 4. The van der Waals surface area contributed by atoms with Gasteiger partial charge in [-0.1, -0.05) is 0 Å². The topological polar surface area (TPSA) is 77.6 Å². The lowest BCUT2D eigenvalue weighted by molar-refractivity contribution is -0.126. The van der Waals surface area contributed by atoms with Gasteiger partial charge in [-0.05, 0) is 46.1 Å². The van der Waals surface area contributed by atoms with Crippen molar-refractivity contribution in [1.29, 1.82) is 0 Å². The predicted molar refractivity (Wildman–Crippen MR) is 85.8 cm³/mol. The number of carbonyl (C=O) groups excluding carboxylic acids is 1. The van der Waals surface area contributed by atoms with Crippen molar-refractivity contribution in [3.8, 4) is 0 Å². The van der Waals surface area contributed by atoms with Gasteiger partial charge < -0.3 is 9.88 Å². The van der Waals surface area contributed by atoms with E-state index in [1.54, 1.807) is 10.9 Å². The molecule has 1 atom stereocenters. The fraction of sp³-hybridized carbons (Fsp3) is 0.625. The van der Waals surface area contributed by atoms with Gasteiger partial charge in [0.05, 0.1) is 11.7 Å². The smallest absolute Gasteiger partial charge is 0.245 e. The molecule has 0 saturated carbocycles. The summed E-state index contributed by atoms with van der Waals surface area (Å²) in [7, 11) is 0. The Kier molecular flexibility index (Phi) is 3.95. The first-order valence-electron chi connectivity index (χ1n) is 8.14. The zero-order valence-electron chi connectivity index (χ0n) is 14.2. The average Bonchev–Trinajstić information content (AvgIpc) is 3.12. The molecule has 3 heterocycles. The third kappa shape index (κ3) is 3.00. The lowest BCUT2D eigenvalue weighted by Gasteiger charge is -2.28. The van der Waals surface area contributed by atoms with Crippen molar-refractivity contribution in [3.05, 3.63) is 29.6 Å². The quantitative estimate of drug-likeness (QED) is 0.932. The monoisotopic (exact) mass is 316 g/mol. The van der Waals surface area contributed by atoms with Crippen LogP contribution in [0.5, 0.6) is 0 Å². The number of hydrogen-bond donors (Lipinski definition) is 1. The van der Waals surface area contributed by atoms with Crippen LogP contribution in [-0.2, 0) is 23.3 Å². The molecule has 0 fully saturated rings. The molecule has 1 amide bonds. The Bertz CT molecular complexity index is 714. The van der Waals surface area contributed by atoms with Crippen molar-refractivity contribution >= 4 is 5.91 Å². The summed E-state index contributed by atoms with van der Waals surface area (Å²) in [5.74, 6) is 1.76. The van der Waals surface area contributed by atoms with E-state index >= 15 is 0 Å². The van der Waals surface area contributed by atoms with E-state index in [4.69, 9.17) is 0 Å². The Morgan fingerprint density at radius 3 is 2.83 bits per heavy atom. The summed E-state index contributed by atoms with van der Waals surface area (Å²) < 4.78 is 3.83. The molecule has 1 aliphatic heterocycles. The van der Waals surface area contributed by atoms with Crippen LogP contribution in [0.15, 0.2) is 12.4 Å². The van der Waals surface area contributed by atoms with Gasteiger partial charge in [0.15, 0.2) is 5.82 Å². The van der Waals surface area contributed by atoms with Gasteiger partial charge in [-0.2, -0.15) is 5.10 Å². The number of rotatable bonds is 4. The van der Waals surface area contributed by atoms with Crippen LogP contribution < -0.4 is 5.32 Å². The summed E-state index contributed by atoms with van der Waals surface area (Å²) in [4.78, 5) is 12.6. The second-order valence-corrected chi connectivity index (χ2v) is 6.84. The number of carbonyl (C=O) groups is 1. The second-order valence-electron chi connectivity index (χ2n) is 6.84. The maximum Gasteiger partial charge on any atom is 0.245 e. The Labute approximate surface area is 136 Å². The molecule has 7 nitrogen and oxygen atoms in total. The summed E-state index contributed by atoms with van der Waals surface area (Å²) in [5, 5.41) is 15.9. The first-order chi connectivity index (χ1) is 10.9. The normalized spacial score (nSPS) is 16.0. The highest BCUT2D eigenvalue weighted by molar-refractivity contribution is 5.80. The number of aromatic nitrogens is 5. The highest BCUT2D eigenvalue weighted by Gasteiger charge is 2.32. The van der Waals surface area contributed by atoms with Crippen molar-refractivity contribution in [3.63, 3.8) is 0 Å². The van der Waals surface area contributed by atoms with Gasteiger partial charge in [0.1, 0.15) is 11.9 Å². The van der Waals surface area contributed by atoms with E-state index in [0.717, 1.165) is 43.0 Å². The number of nitrogens with one attached hydrogen (secondary N) is 1. The van der Waals surface area contributed by atoms with Crippen molar-refractivity contribution in [2.24, 2.45) is 0 Å². The highest BCUT2D eigenvalue weighted by atomic mass is 16.2. The predicted octanol–water partition coefficient (Wildman–Crippen LogP) is 1.73. The molecule has 124 valence electrons. The molecule has 0 aliphatic carbocycles. The standard InChI is InChI=1S/C16H24N6O/c1-11-9-17-22(10-11)12(2)14(23)18-16(3,4)15-20-19-13-7-5-6-8-21(13)15/h9-10,12H,5-8H2,1-4H3,(H,18,23). The first-order valence-corrected chi connectivity index (χ1v) is 8.14. The number of nitrogens with zero attached hydrogens (tertiary/aromatic N) is 5. The molecule has 3 rings (SSSR count). The van der Waals surface area contributed by atoms with Crippen LogP contribution in [0, 0.1) is 6.92 Å². The zero-order valence-corrected chi connectivity index (χ0v) is 14.2. The largest absolute Gasteiger partial charge is 0.342 e. The van der Waals surface area contributed by atoms with Gasteiger partial charge in [-0.25, -0.2) is 0 Å². The molecule has 1 aliphatic rings. The van der Waals surface area contributed by atoms with Crippen LogP contribution in [0.25, 0.3) is 0 Å².